The molecule has 1 amide bonds. The van der Waals surface area contributed by atoms with E-state index in [0.29, 0.717) is 12.2 Å². The third-order valence-electron chi connectivity index (χ3n) is 2.79. The van der Waals surface area contributed by atoms with E-state index in [1.165, 1.54) is 12.1 Å². The summed E-state index contributed by atoms with van der Waals surface area (Å²) < 4.78 is 0. The summed E-state index contributed by atoms with van der Waals surface area (Å²) in [6.07, 6.45) is 0. The van der Waals surface area contributed by atoms with E-state index in [0.717, 1.165) is 0 Å². The smallest absolute Gasteiger partial charge is 0.275 e. The maximum Gasteiger partial charge on any atom is 0.275 e. The molecule has 104 valence electrons. The summed E-state index contributed by atoms with van der Waals surface area (Å²) in [4.78, 5) is 23.4. The third-order valence-corrected chi connectivity index (χ3v) is 2.79. The van der Waals surface area contributed by atoms with Gasteiger partial charge in [-0.2, -0.15) is 0 Å². The number of carbonyl (C=O) groups excluding carboxylic acids is 1. The summed E-state index contributed by atoms with van der Waals surface area (Å²) in [7, 11) is 1.55. The molecule has 0 aromatic heterocycles. The lowest BCUT2D eigenvalue weighted by Gasteiger charge is -2.22. The average Bonchev–Trinajstić information content (AvgIpc) is 2.43. The molecular formula is C12H17N3O4. The van der Waals surface area contributed by atoms with Gasteiger partial charge in [0.25, 0.3) is 5.69 Å². The Bertz CT molecular complexity index is 476. The van der Waals surface area contributed by atoms with Gasteiger partial charge >= 0.3 is 0 Å². The van der Waals surface area contributed by atoms with Crippen LogP contribution < -0.4 is 10.2 Å². The molecule has 0 saturated heterocycles. The summed E-state index contributed by atoms with van der Waals surface area (Å²) >= 11 is 0. The third kappa shape index (κ3) is 3.65. The van der Waals surface area contributed by atoms with E-state index < -0.39 is 11.5 Å². The van der Waals surface area contributed by atoms with Crippen molar-refractivity contribution in [2.24, 2.45) is 0 Å². The zero-order chi connectivity index (χ0) is 14.4. The van der Waals surface area contributed by atoms with Gasteiger partial charge < -0.3 is 15.3 Å². The molecule has 0 aliphatic carbocycles. The number of hydrogen-bond acceptors (Lipinski definition) is 5. The van der Waals surface area contributed by atoms with Crippen LogP contribution in [0, 0.1) is 10.1 Å². The number of aliphatic hydroxyl groups is 1. The van der Waals surface area contributed by atoms with Gasteiger partial charge in [-0.3, -0.25) is 14.9 Å². The van der Waals surface area contributed by atoms with Crippen LogP contribution in [0.3, 0.4) is 0 Å². The number of nitro groups is 1. The molecule has 0 unspecified atom stereocenters. The van der Waals surface area contributed by atoms with Crippen molar-refractivity contribution in [3.8, 4) is 0 Å². The highest BCUT2D eigenvalue weighted by Crippen LogP contribution is 2.25. The van der Waals surface area contributed by atoms with Crippen molar-refractivity contribution in [1.82, 2.24) is 5.32 Å². The molecule has 19 heavy (non-hydrogen) atoms. The zero-order valence-corrected chi connectivity index (χ0v) is 10.9. The summed E-state index contributed by atoms with van der Waals surface area (Å²) in [6.45, 7) is 2.20. The fraction of sp³-hybridized carbons (Fsp3) is 0.417. The van der Waals surface area contributed by atoms with Crippen LogP contribution in [0.25, 0.3) is 0 Å². The van der Waals surface area contributed by atoms with Crippen LogP contribution in [-0.2, 0) is 11.4 Å². The molecule has 0 aliphatic heterocycles. The Morgan fingerprint density at radius 1 is 1.53 bits per heavy atom. The quantitative estimate of drug-likeness (QED) is 0.583. The maximum atomic E-state index is 11.4. The average molecular weight is 267 g/mol. The van der Waals surface area contributed by atoms with Crippen LogP contribution >= 0.6 is 0 Å². The van der Waals surface area contributed by atoms with Gasteiger partial charge in [-0.1, -0.05) is 0 Å². The lowest BCUT2D eigenvalue weighted by atomic mass is 10.1. The predicted octanol–water partition coefficient (Wildman–Crippen LogP) is 0.659. The van der Waals surface area contributed by atoms with Crippen LogP contribution in [-0.4, -0.2) is 36.1 Å². The Balaban J connectivity index is 3.05. The van der Waals surface area contributed by atoms with Crippen molar-refractivity contribution < 1.29 is 14.8 Å². The second-order valence-electron chi connectivity index (χ2n) is 3.92. The van der Waals surface area contributed by atoms with Gasteiger partial charge in [0.2, 0.25) is 5.91 Å². The van der Waals surface area contributed by atoms with E-state index in [4.69, 9.17) is 0 Å². The molecule has 0 atom stereocenters. The first kappa shape index (κ1) is 14.9. The molecular weight excluding hydrogens is 250 g/mol. The van der Waals surface area contributed by atoms with Crippen molar-refractivity contribution in [3.63, 3.8) is 0 Å². The van der Waals surface area contributed by atoms with Gasteiger partial charge in [-0.25, -0.2) is 0 Å². The van der Waals surface area contributed by atoms with Crippen molar-refractivity contribution in [1.29, 1.82) is 0 Å². The second-order valence-corrected chi connectivity index (χ2v) is 3.92. The molecule has 0 spiro atoms. The molecule has 2 N–H and O–H groups in total. The number of nitro benzene ring substituents is 1. The van der Waals surface area contributed by atoms with E-state index >= 15 is 0 Å². The molecule has 0 saturated carbocycles. The molecule has 7 nitrogen and oxygen atoms in total. The molecule has 0 radical (unpaired) electrons. The SMILES string of the molecule is CCN(CC(=O)NC)c1ccc([N+](=O)[O-])c(CO)c1. The van der Waals surface area contributed by atoms with Crippen molar-refractivity contribution in [3.05, 3.63) is 33.9 Å². The monoisotopic (exact) mass is 267 g/mol. The topological polar surface area (TPSA) is 95.7 Å². The van der Waals surface area contributed by atoms with Gasteiger partial charge in [0, 0.05) is 25.3 Å². The molecule has 1 rings (SSSR count). The highest BCUT2D eigenvalue weighted by Gasteiger charge is 2.16. The Labute approximate surface area is 111 Å². The number of anilines is 1. The van der Waals surface area contributed by atoms with E-state index in [-0.39, 0.29) is 23.7 Å². The Hall–Kier alpha value is -2.15. The lowest BCUT2D eigenvalue weighted by Crippen LogP contribution is -2.35. The number of benzene rings is 1. The Kier molecular flexibility index (Phi) is 5.25. The molecule has 0 fully saturated rings. The summed E-state index contributed by atoms with van der Waals surface area (Å²) in [5, 5.41) is 22.5. The summed E-state index contributed by atoms with van der Waals surface area (Å²) in [5.74, 6) is -0.147. The molecule has 0 aliphatic rings. The lowest BCUT2D eigenvalue weighted by molar-refractivity contribution is -0.385. The Morgan fingerprint density at radius 2 is 2.21 bits per heavy atom. The first-order valence-corrected chi connectivity index (χ1v) is 5.87. The minimum Gasteiger partial charge on any atom is -0.391 e. The number of rotatable bonds is 6. The second kappa shape index (κ2) is 6.69. The van der Waals surface area contributed by atoms with Crippen LogP contribution in [0.15, 0.2) is 18.2 Å². The number of amides is 1. The molecule has 7 heteroatoms. The Morgan fingerprint density at radius 3 is 2.68 bits per heavy atom. The van der Waals surface area contributed by atoms with Crippen LogP contribution in [0.5, 0.6) is 0 Å². The van der Waals surface area contributed by atoms with Crippen molar-refractivity contribution in [2.45, 2.75) is 13.5 Å². The fourth-order valence-electron chi connectivity index (χ4n) is 1.71. The minimum absolute atomic E-state index is 0.123. The largest absolute Gasteiger partial charge is 0.391 e. The van der Waals surface area contributed by atoms with Crippen LogP contribution in [0.1, 0.15) is 12.5 Å². The van der Waals surface area contributed by atoms with E-state index in [1.807, 2.05) is 6.92 Å². The minimum atomic E-state index is -0.537. The standard InChI is InChI=1S/C12H17N3O4/c1-3-14(7-12(17)13-2)10-4-5-11(15(18)19)9(6-10)8-16/h4-6,16H,3,7-8H2,1-2H3,(H,13,17). The van der Waals surface area contributed by atoms with Gasteiger partial charge in [0.15, 0.2) is 0 Å². The summed E-state index contributed by atoms with van der Waals surface area (Å²) in [6, 6.07) is 4.45. The highest BCUT2D eigenvalue weighted by molar-refractivity contribution is 5.81. The molecule has 0 bridgehead atoms. The summed E-state index contributed by atoms with van der Waals surface area (Å²) in [5.41, 5.74) is 0.779. The highest BCUT2D eigenvalue weighted by atomic mass is 16.6. The number of nitrogens with zero attached hydrogens (tertiary/aromatic N) is 2. The first-order chi connectivity index (χ1) is 9.03. The van der Waals surface area contributed by atoms with Crippen molar-refractivity contribution >= 4 is 17.3 Å². The van der Waals surface area contributed by atoms with Crippen LogP contribution in [0.4, 0.5) is 11.4 Å². The van der Waals surface area contributed by atoms with E-state index in [9.17, 15) is 20.0 Å². The van der Waals surface area contributed by atoms with E-state index in [2.05, 4.69) is 5.32 Å². The normalized spacial score (nSPS) is 10.1. The number of carbonyl (C=O) groups is 1. The fourth-order valence-corrected chi connectivity index (χ4v) is 1.71. The molecule has 1 aromatic carbocycles. The van der Waals surface area contributed by atoms with Crippen LogP contribution in [0.2, 0.25) is 0 Å². The predicted molar refractivity (Wildman–Crippen MR) is 71.0 cm³/mol. The zero-order valence-electron chi connectivity index (χ0n) is 10.9. The number of hydrogen-bond donors (Lipinski definition) is 2. The van der Waals surface area contributed by atoms with Gasteiger partial charge in [0.1, 0.15) is 0 Å². The number of nitrogens with one attached hydrogen (secondary N) is 1. The maximum absolute atomic E-state index is 11.4. The number of aliphatic hydroxyl groups excluding tert-OH is 1. The van der Waals surface area contributed by atoms with Gasteiger partial charge in [0.05, 0.1) is 23.6 Å². The number of likely N-dealkylation sites (N-methyl/N-ethyl adjacent to an activating group) is 2. The van der Waals surface area contributed by atoms with Gasteiger partial charge in [-0.05, 0) is 19.1 Å². The first-order valence-electron chi connectivity index (χ1n) is 5.87. The van der Waals surface area contributed by atoms with E-state index in [1.54, 1.807) is 18.0 Å². The van der Waals surface area contributed by atoms with Crippen molar-refractivity contribution in [2.75, 3.05) is 25.0 Å². The molecule has 1 aromatic rings. The van der Waals surface area contributed by atoms with Gasteiger partial charge in [-0.15, -0.1) is 0 Å². The molecule has 0 heterocycles.